The molecule has 2 aromatic carbocycles. The molecule has 8 heteroatoms. The summed E-state index contributed by atoms with van der Waals surface area (Å²) in [5, 5.41) is 30.2. The molecule has 1 atom stereocenters. The predicted molar refractivity (Wildman–Crippen MR) is 148 cm³/mol. The van der Waals surface area contributed by atoms with Crippen LogP contribution in [0.5, 0.6) is 17.5 Å². The van der Waals surface area contributed by atoms with Gasteiger partial charge in [-0.05, 0) is 66.5 Å². The van der Waals surface area contributed by atoms with Crippen LogP contribution in [0.25, 0.3) is 0 Å². The second-order valence-electron chi connectivity index (χ2n) is 10.2. The summed E-state index contributed by atoms with van der Waals surface area (Å²) in [7, 11) is 1.66. The Morgan fingerprint density at radius 2 is 1.76 bits per heavy atom. The predicted octanol–water partition coefficient (Wildman–Crippen LogP) is 6.40. The van der Waals surface area contributed by atoms with Gasteiger partial charge in [-0.1, -0.05) is 48.7 Å². The lowest BCUT2D eigenvalue weighted by atomic mass is 9.97. The number of rotatable bonds is 13. The summed E-state index contributed by atoms with van der Waals surface area (Å²) in [4.78, 5) is 14.2. The van der Waals surface area contributed by atoms with E-state index in [0.717, 1.165) is 41.8 Å². The summed E-state index contributed by atoms with van der Waals surface area (Å²) < 4.78 is 7.20. The van der Waals surface area contributed by atoms with Crippen molar-refractivity contribution >= 4 is 17.6 Å². The third-order valence-electron chi connectivity index (χ3n) is 7.53. The number of carbonyl (C=O) groups is 1. The van der Waals surface area contributed by atoms with E-state index in [2.05, 4.69) is 17.0 Å². The topological polar surface area (TPSA) is 95.2 Å². The van der Waals surface area contributed by atoms with Crippen LogP contribution in [-0.2, 0) is 24.3 Å². The minimum Gasteiger partial charge on any atom is -0.496 e. The van der Waals surface area contributed by atoms with Crippen molar-refractivity contribution in [2.24, 2.45) is 5.92 Å². The Morgan fingerprint density at radius 3 is 2.39 bits per heavy atom. The van der Waals surface area contributed by atoms with Crippen molar-refractivity contribution in [3.8, 4) is 17.5 Å². The van der Waals surface area contributed by atoms with Gasteiger partial charge in [-0.15, -0.1) is 0 Å². The molecule has 0 aliphatic heterocycles. The van der Waals surface area contributed by atoms with E-state index >= 15 is 0 Å². The maximum absolute atomic E-state index is 11.9. The molecule has 7 nitrogen and oxygen atoms in total. The van der Waals surface area contributed by atoms with Crippen LogP contribution in [0.1, 0.15) is 61.3 Å². The third-order valence-corrected chi connectivity index (χ3v) is 7.78. The fourth-order valence-electron chi connectivity index (χ4n) is 5.57. The Hall–Kier alpha value is -3.16. The SMILES string of the molecule is COc1cc(CN(CC2CCCC2)C(CC(=O)O)c2ccc(Cl)cc2)ccc1CCCn1c(O)ccc1O. The molecule has 0 radical (unpaired) electrons. The van der Waals surface area contributed by atoms with Crippen LogP contribution in [0.15, 0.2) is 54.6 Å². The Bertz CT molecular complexity index is 1180. The van der Waals surface area contributed by atoms with Crippen molar-refractivity contribution in [2.45, 2.75) is 64.1 Å². The maximum Gasteiger partial charge on any atom is 0.305 e. The standard InChI is InChI=1S/C30H37ClN2O5/c1-38-27-17-22(8-9-24(27)7-4-16-33-28(34)14-15-29(33)35)20-32(19-21-5-2-3-6-21)26(18-30(36)37)23-10-12-25(31)13-11-23/h8-15,17,21,26,34-35H,2-7,16,18-20H2,1H3,(H,36,37). The molecule has 3 N–H and O–H groups in total. The van der Waals surface area contributed by atoms with Crippen LogP contribution >= 0.6 is 11.6 Å². The molecule has 0 bridgehead atoms. The highest BCUT2D eigenvalue weighted by Gasteiger charge is 2.27. The number of benzene rings is 2. The van der Waals surface area contributed by atoms with Gasteiger partial charge in [0.25, 0.3) is 0 Å². The Morgan fingerprint density at radius 1 is 1.08 bits per heavy atom. The molecule has 4 rings (SSSR count). The summed E-state index contributed by atoms with van der Waals surface area (Å²) in [6.45, 7) is 1.94. The number of aromatic nitrogens is 1. The molecule has 1 aromatic heterocycles. The Balaban J connectivity index is 1.53. The summed E-state index contributed by atoms with van der Waals surface area (Å²) in [6, 6.07) is 16.4. The zero-order valence-corrected chi connectivity index (χ0v) is 22.6. The van der Waals surface area contributed by atoms with Crippen molar-refractivity contribution in [1.82, 2.24) is 9.47 Å². The molecule has 1 unspecified atom stereocenters. The number of aryl methyl sites for hydroxylation is 1. The number of ether oxygens (including phenoxy) is 1. The fraction of sp³-hybridized carbons (Fsp3) is 0.433. The monoisotopic (exact) mass is 540 g/mol. The highest BCUT2D eigenvalue weighted by molar-refractivity contribution is 6.30. The number of halogens is 1. The lowest BCUT2D eigenvalue weighted by Gasteiger charge is -2.33. The molecule has 0 amide bonds. The van der Waals surface area contributed by atoms with E-state index in [-0.39, 0.29) is 24.2 Å². The van der Waals surface area contributed by atoms with Crippen molar-refractivity contribution in [1.29, 1.82) is 0 Å². The van der Waals surface area contributed by atoms with E-state index < -0.39 is 5.97 Å². The highest BCUT2D eigenvalue weighted by Crippen LogP contribution is 2.34. The van der Waals surface area contributed by atoms with Crippen molar-refractivity contribution in [2.75, 3.05) is 13.7 Å². The molecular weight excluding hydrogens is 504 g/mol. The minimum atomic E-state index is -0.825. The van der Waals surface area contributed by atoms with Crippen molar-refractivity contribution < 1.29 is 24.9 Å². The van der Waals surface area contributed by atoms with E-state index in [1.165, 1.54) is 42.4 Å². The van der Waals surface area contributed by atoms with Gasteiger partial charge in [0.2, 0.25) is 0 Å². The average Bonchev–Trinajstić information content (AvgIpc) is 3.53. The molecule has 1 aliphatic carbocycles. The summed E-state index contributed by atoms with van der Waals surface area (Å²) in [6.07, 6.45) is 6.25. The highest BCUT2D eigenvalue weighted by atomic mass is 35.5. The average molecular weight is 541 g/mol. The zero-order valence-electron chi connectivity index (χ0n) is 21.9. The van der Waals surface area contributed by atoms with Gasteiger partial charge in [0.05, 0.1) is 13.5 Å². The number of hydrogen-bond acceptors (Lipinski definition) is 5. The van der Waals surface area contributed by atoms with Gasteiger partial charge in [0.15, 0.2) is 11.8 Å². The maximum atomic E-state index is 11.9. The van der Waals surface area contributed by atoms with E-state index in [0.29, 0.717) is 24.0 Å². The summed E-state index contributed by atoms with van der Waals surface area (Å²) in [5.41, 5.74) is 3.06. The summed E-state index contributed by atoms with van der Waals surface area (Å²) in [5.74, 6) is 0.605. The van der Waals surface area contributed by atoms with Gasteiger partial charge >= 0.3 is 5.97 Å². The van der Waals surface area contributed by atoms with Gasteiger partial charge in [-0.25, -0.2) is 0 Å². The number of aromatic hydroxyl groups is 2. The van der Waals surface area contributed by atoms with Crippen LogP contribution in [0.2, 0.25) is 5.02 Å². The van der Waals surface area contributed by atoms with Gasteiger partial charge in [-0.2, -0.15) is 0 Å². The number of carboxylic acid groups (broad SMARTS) is 1. The molecule has 1 fully saturated rings. The molecular formula is C30H37ClN2O5. The van der Waals surface area contributed by atoms with Gasteiger partial charge in [-0.3, -0.25) is 14.3 Å². The molecule has 38 heavy (non-hydrogen) atoms. The van der Waals surface area contributed by atoms with Gasteiger partial charge in [0, 0.05) is 42.8 Å². The zero-order chi connectivity index (χ0) is 27.1. The Labute approximate surface area is 229 Å². The quantitative estimate of drug-likeness (QED) is 0.232. The summed E-state index contributed by atoms with van der Waals surface area (Å²) >= 11 is 6.13. The lowest BCUT2D eigenvalue weighted by molar-refractivity contribution is -0.138. The largest absolute Gasteiger partial charge is 0.496 e. The number of hydrogen-bond donors (Lipinski definition) is 3. The van der Waals surface area contributed by atoms with Crippen LogP contribution in [0.4, 0.5) is 0 Å². The molecule has 1 aliphatic rings. The second-order valence-corrected chi connectivity index (χ2v) is 10.6. The van der Waals surface area contributed by atoms with Gasteiger partial charge in [0.1, 0.15) is 5.75 Å². The number of methoxy groups -OCH3 is 1. The van der Waals surface area contributed by atoms with E-state index in [1.54, 1.807) is 7.11 Å². The molecule has 1 saturated carbocycles. The molecule has 0 spiro atoms. The second kappa shape index (κ2) is 13.1. The normalized spacial score (nSPS) is 14.7. The molecule has 1 heterocycles. The first-order valence-corrected chi connectivity index (χ1v) is 13.7. The number of carboxylic acids is 1. The first kappa shape index (κ1) is 27.9. The van der Waals surface area contributed by atoms with E-state index in [9.17, 15) is 20.1 Å². The minimum absolute atomic E-state index is 0.0165. The first-order valence-electron chi connectivity index (χ1n) is 13.3. The molecule has 204 valence electrons. The molecule has 0 saturated heterocycles. The van der Waals surface area contributed by atoms with Crippen molar-refractivity contribution in [3.63, 3.8) is 0 Å². The van der Waals surface area contributed by atoms with Crippen LogP contribution in [-0.4, -0.2) is 44.4 Å². The number of aliphatic carboxylic acids is 1. The lowest BCUT2D eigenvalue weighted by Crippen LogP contribution is -2.34. The Kier molecular flexibility index (Phi) is 9.58. The van der Waals surface area contributed by atoms with E-state index in [4.69, 9.17) is 16.3 Å². The van der Waals surface area contributed by atoms with Gasteiger partial charge < -0.3 is 20.1 Å². The van der Waals surface area contributed by atoms with Crippen LogP contribution < -0.4 is 4.74 Å². The number of nitrogens with zero attached hydrogens (tertiary/aromatic N) is 2. The van der Waals surface area contributed by atoms with E-state index in [1.807, 2.05) is 30.3 Å². The molecule has 3 aromatic rings. The third kappa shape index (κ3) is 7.23. The smallest absolute Gasteiger partial charge is 0.305 e. The first-order chi connectivity index (χ1) is 18.3. The fourth-order valence-corrected chi connectivity index (χ4v) is 5.69. The van der Waals surface area contributed by atoms with Crippen LogP contribution in [0, 0.1) is 5.92 Å². The van der Waals surface area contributed by atoms with Crippen LogP contribution in [0.3, 0.4) is 0 Å². The van der Waals surface area contributed by atoms with Crippen molar-refractivity contribution in [3.05, 3.63) is 76.3 Å².